The smallest absolute Gasteiger partial charge is 0.166 e. The molecule has 0 bridgehead atoms. The monoisotopic (exact) mass is 895 g/mol. The highest BCUT2D eigenvalue weighted by Crippen LogP contribution is 2.47. The number of thiophene rings is 1. The Bertz CT molecular complexity index is 4620. The molecule has 0 N–H and O–H groups in total. The molecular weight excluding hydrogens is 859 g/mol. The third kappa shape index (κ3) is 5.79. The van der Waals surface area contributed by atoms with Crippen molar-refractivity contribution >= 4 is 107 Å². The molecule has 0 aliphatic rings. The molecule has 0 aliphatic carbocycles. The van der Waals surface area contributed by atoms with E-state index in [-0.39, 0.29) is 0 Å². The van der Waals surface area contributed by atoms with Gasteiger partial charge in [0.2, 0.25) is 0 Å². The van der Waals surface area contributed by atoms with Crippen molar-refractivity contribution in [1.82, 2.24) is 24.1 Å². The van der Waals surface area contributed by atoms with Crippen LogP contribution in [0.15, 0.2) is 224 Å². The average molecular weight is 896 g/mol. The van der Waals surface area contributed by atoms with Gasteiger partial charge in [0, 0.05) is 64.1 Å². The second kappa shape index (κ2) is 14.8. The second-order valence-electron chi connectivity index (χ2n) is 18.0. The fourth-order valence-corrected chi connectivity index (χ4v) is 12.1. The maximum atomic E-state index is 5.59. The van der Waals surface area contributed by atoms with E-state index in [1.807, 2.05) is 11.3 Å². The number of benzene rings is 11. The molecule has 5 nitrogen and oxygen atoms in total. The molecule has 0 unspecified atom stereocenters. The molecule has 0 fully saturated rings. The maximum Gasteiger partial charge on any atom is 0.166 e. The Morgan fingerprint density at radius 1 is 0.304 bits per heavy atom. The summed E-state index contributed by atoms with van der Waals surface area (Å²) >= 11 is 1.83. The minimum Gasteiger partial charge on any atom is -0.309 e. The van der Waals surface area contributed by atoms with Gasteiger partial charge in [-0.05, 0) is 99.0 Å². The largest absolute Gasteiger partial charge is 0.309 e. The van der Waals surface area contributed by atoms with Crippen molar-refractivity contribution in [3.05, 3.63) is 224 Å². The van der Waals surface area contributed by atoms with Gasteiger partial charge in [-0.1, -0.05) is 158 Å². The van der Waals surface area contributed by atoms with Crippen molar-refractivity contribution in [2.45, 2.75) is 0 Å². The number of fused-ring (bicyclic) bond motifs is 13. The van der Waals surface area contributed by atoms with Crippen LogP contribution in [-0.4, -0.2) is 24.1 Å². The third-order valence-corrected chi connectivity index (χ3v) is 15.2. The van der Waals surface area contributed by atoms with Crippen LogP contribution in [0.3, 0.4) is 0 Å². The van der Waals surface area contributed by atoms with E-state index in [2.05, 4.69) is 234 Å². The number of hydrogen-bond acceptors (Lipinski definition) is 4. The fourth-order valence-electron chi connectivity index (χ4n) is 11.0. The van der Waals surface area contributed by atoms with Gasteiger partial charge in [-0.3, -0.25) is 0 Å². The minimum atomic E-state index is 0.607. The van der Waals surface area contributed by atoms with Crippen molar-refractivity contribution < 1.29 is 0 Å². The summed E-state index contributed by atoms with van der Waals surface area (Å²) in [6, 6.07) is 81.0. The Morgan fingerprint density at radius 3 is 1.72 bits per heavy atom. The van der Waals surface area contributed by atoms with Crippen LogP contribution in [0.5, 0.6) is 0 Å². The van der Waals surface area contributed by atoms with Gasteiger partial charge in [0.05, 0.1) is 27.8 Å². The molecule has 0 amide bonds. The van der Waals surface area contributed by atoms with Gasteiger partial charge in [0.1, 0.15) is 0 Å². The molecule has 4 heterocycles. The van der Waals surface area contributed by atoms with Crippen LogP contribution < -0.4 is 0 Å². The van der Waals surface area contributed by atoms with Crippen LogP contribution in [0.25, 0.3) is 142 Å². The Kier molecular flexibility index (Phi) is 8.17. The lowest BCUT2D eigenvalue weighted by Crippen LogP contribution is -2.04. The van der Waals surface area contributed by atoms with E-state index in [0.717, 1.165) is 55.5 Å². The Balaban J connectivity index is 1.07. The van der Waals surface area contributed by atoms with Gasteiger partial charge < -0.3 is 9.13 Å². The van der Waals surface area contributed by atoms with E-state index in [0.29, 0.717) is 17.5 Å². The summed E-state index contributed by atoms with van der Waals surface area (Å²) in [7, 11) is 0. The van der Waals surface area contributed by atoms with Crippen molar-refractivity contribution in [2.24, 2.45) is 0 Å². The molecule has 320 valence electrons. The average Bonchev–Trinajstić information content (AvgIpc) is 4.07. The molecule has 6 heteroatoms. The summed E-state index contributed by atoms with van der Waals surface area (Å²) < 4.78 is 7.29. The van der Waals surface area contributed by atoms with Crippen molar-refractivity contribution in [3.8, 4) is 45.5 Å². The maximum absolute atomic E-state index is 5.59. The van der Waals surface area contributed by atoms with Gasteiger partial charge in [0.15, 0.2) is 17.5 Å². The van der Waals surface area contributed by atoms with E-state index >= 15 is 0 Å². The zero-order chi connectivity index (χ0) is 45.2. The lowest BCUT2D eigenvalue weighted by atomic mass is 10.0. The predicted octanol–water partition coefficient (Wildman–Crippen LogP) is 16.9. The topological polar surface area (TPSA) is 48.5 Å². The van der Waals surface area contributed by atoms with Crippen LogP contribution >= 0.6 is 11.3 Å². The zero-order valence-corrected chi connectivity index (χ0v) is 37.8. The highest BCUT2D eigenvalue weighted by atomic mass is 32.1. The number of para-hydroxylation sites is 2. The van der Waals surface area contributed by atoms with E-state index in [4.69, 9.17) is 15.0 Å². The van der Waals surface area contributed by atoms with Crippen molar-refractivity contribution in [3.63, 3.8) is 0 Å². The molecule has 0 aliphatic heterocycles. The van der Waals surface area contributed by atoms with Crippen LogP contribution in [0, 0.1) is 0 Å². The molecule has 11 aromatic carbocycles. The van der Waals surface area contributed by atoms with E-state index in [1.165, 1.54) is 68.6 Å². The third-order valence-electron chi connectivity index (χ3n) is 14.1. The zero-order valence-electron chi connectivity index (χ0n) is 37.0. The number of hydrogen-bond donors (Lipinski definition) is 0. The molecule has 0 saturated heterocycles. The van der Waals surface area contributed by atoms with E-state index in [1.54, 1.807) is 0 Å². The van der Waals surface area contributed by atoms with Crippen LogP contribution in [0.4, 0.5) is 0 Å². The van der Waals surface area contributed by atoms with Gasteiger partial charge in [-0.15, -0.1) is 11.3 Å². The summed E-state index contributed by atoms with van der Waals surface area (Å²) in [6.45, 7) is 0. The highest BCUT2D eigenvalue weighted by Gasteiger charge is 2.25. The van der Waals surface area contributed by atoms with Gasteiger partial charge in [-0.2, -0.15) is 0 Å². The highest BCUT2D eigenvalue weighted by molar-refractivity contribution is 7.25. The van der Waals surface area contributed by atoms with Crippen molar-refractivity contribution in [2.75, 3.05) is 0 Å². The lowest BCUT2D eigenvalue weighted by Gasteiger charge is -2.17. The molecule has 69 heavy (non-hydrogen) atoms. The first-order chi connectivity index (χ1) is 34.2. The first kappa shape index (κ1) is 38.2. The van der Waals surface area contributed by atoms with Crippen LogP contribution in [0.2, 0.25) is 0 Å². The summed E-state index contributed by atoms with van der Waals surface area (Å²) in [6.07, 6.45) is 0. The summed E-state index contributed by atoms with van der Waals surface area (Å²) in [4.78, 5) is 16.5. The molecule has 0 saturated carbocycles. The molecule has 4 aromatic heterocycles. The fraction of sp³-hybridized carbons (Fsp3) is 0. The van der Waals surface area contributed by atoms with Gasteiger partial charge >= 0.3 is 0 Å². The van der Waals surface area contributed by atoms with Crippen LogP contribution in [-0.2, 0) is 0 Å². The number of nitrogens with zero attached hydrogens (tertiary/aromatic N) is 5. The first-order valence-corrected chi connectivity index (χ1v) is 24.2. The lowest BCUT2D eigenvalue weighted by molar-refractivity contribution is 1.07. The van der Waals surface area contributed by atoms with Crippen LogP contribution in [0.1, 0.15) is 0 Å². The quantitative estimate of drug-likeness (QED) is 0.173. The Labute approximate surface area is 399 Å². The Morgan fingerprint density at radius 2 is 0.899 bits per heavy atom. The second-order valence-corrected chi connectivity index (χ2v) is 19.0. The van der Waals surface area contributed by atoms with E-state index in [9.17, 15) is 0 Å². The normalized spacial score (nSPS) is 12.1. The van der Waals surface area contributed by atoms with Gasteiger partial charge in [0.25, 0.3) is 0 Å². The molecule has 15 rings (SSSR count). The predicted molar refractivity (Wildman–Crippen MR) is 290 cm³/mol. The molecular formula is C63H37N5S. The standard InChI is InChI=1S/C63H37N5S/c1-2-19-45(20-3-1)67-52-24-12-10-22-47(52)48-30-28-44(37-54(48)67)62-64-61(43-27-26-38-14-4-5-16-40(38)34-43)65-63(66-62)50-31-33-57-59(49-23-11-13-25-56(49)69-57)60(50)68-53-32-29-39-15-8-9-21-46(39)58(53)51-35-41-17-6-7-18-42(41)36-55(51)68/h1-37H. The molecule has 0 atom stereocenters. The molecule has 15 aromatic rings. The number of rotatable bonds is 5. The summed E-state index contributed by atoms with van der Waals surface area (Å²) in [5.74, 6) is 1.83. The molecule has 0 radical (unpaired) electrons. The van der Waals surface area contributed by atoms with E-state index < -0.39 is 0 Å². The van der Waals surface area contributed by atoms with Crippen molar-refractivity contribution in [1.29, 1.82) is 0 Å². The number of aromatic nitrogens is 5. The van der Waals surface area contributed by atoms with Gasteiger partial charge in [-0.25, -0.2) is 15.0 Å². The Hall–Kier alpha value is -8.97. The first-order valence-electron chi connectivity index (χ1n) is 23.3. The minimum absolute atomic E-state index is 0.607. The molecule has 0 spiro atoms. The summed E-state index contributed by atoms with van der Waals surface area (Å²) in [5.41, 5.74) is 9.42. The summed E-state index contributed by atoms with van der Waals surface area (Å²) in [5, 5.41) is 14.3. The SMILES string of the molecule is c1ccc(-n2c3ccccc3c3ccc(-c4nc(-c5ccc6ccccc6c5)nc(-c5ccc6sc7ccccc7c6c5-n5c6cc7ccccc7cc6c6c7ccccc7ccc65)n4)cc32)cc1.